The highest BCUT2D eigenvalue weighted by molar-refractivity contribution is 5.97. The number of urea groups is 1. The normalized spacial score (nSPS) is 15.4. The van der Waals surface area contributed by atoms with Gasteiger partial charge in [0.2, 0.25) is 5.91 Å². The topological polar surface area (TPSA) is 102 Å². The molecule has 4 amide bonds. The summed E-state index contributed by atoms with van der Waals surface area (Å²) in [5, 5.41) is 11.8. The van der Waals surface area contributed by atoms with Crippen LogP contribution in [0.25, 0.3) is 11.1 Å². The Kier molecular flexibility index (Phi) is 8.43. The van der Waals surface area contributed by atoms with Gasteiger partial charge >= 0.3 is 6.03 Å². The molecule has 0 radical (unpaired) electrons. The van der Waals surface area contributed by atoms with Crippen molar-refractivity contribution < 1.29 is 19.6 Å². The third kappa shape index (κ3) is 6.55. The van der Waals surface area contributed by atoms with Gasteiger partial charge in [0, 0.05) is 18.8 Å². The number of amides is 4. The van der Waals surface area contributed by atoms with Crippen molar-refractivity contribution in [1.82, 2.24) is 15.3 Å². The fourth-order valence-corrected chi connectivity index (χ4v) is 3.92. The van der Waals surface area contributed by atoms with E-state index in [-0.39, 0.29) is 18.5 Å². The summed E-state index contributed by atoms with van der Waals surface area (Å²) >= 11 is 0. The second kappa shape index (κ2) is 11.5. The lowest BCUT2D eigenvalue weighted by atomic mass is 10.1. The first-order valence-corrected chi connectivity index (χ1v) is 11.3. The van der Waals surface area contributed by atoms with Gasteiger partial charge in [-0.3, -0.25) is 14.8 Å². The summed E-state index contributed by atoms with van der Waals surface area (Å²) in [6, 6.07) is 16.6. The van der Waals surface area contributed by atoms with Crippen LogP contribution in [0.4, 0.5) is 10.5 Å². The van der Waals surface area contributed by atoms with Gasteiger partial charge in [-0.2, -0.15) is 0 Å². The number of carbonyl (C=O) groups is 3. The third-order valence-corrected chi connectivity index (χ3v) is 5.77. The van der Waals surface area contributed by atoms with E-state index in [0.29, 0.717) is 44.0 Å². The number of carbonyl (C=O) groups excluding carboxylic acids is 3. The monoisotopic (exact) mass is 452 g/mol. The summed E-state index contributed by atoms with van der Waals surface area (Å²) in [5.74, 6) is -0.566. The average molecular weight is 453 g/mol. The molecule has 1 saturated heterocycles. The Labute approximate surface area is 194 Å². The second-order valence-electron chi connectivity index (χ2n) is 8.71. The fraction of sp³-hybridized carbons (Fsp3) is 0.400. The van der Waals surface area contributed by atoms with E-state index >= 15 is 0 Å². The Bertz CT molecular complexity index is 947. The molecule has 176 valence electrons. The number of nitrogens with zero attached hydrogens (tertiary/aromatic N) is 2. The Balaban J connectivity index is 1.66. The Morgan fingerprint density at radius 3 is 2.36 bits per heavy atom. The van der Waals surface area contributed by atoms with E-state index in [4.69, 9.17) is 5.21 Å². The number of hydroxylamine groups is 1. The lowest BCUT2D eigenvalue weighted by molar-refractivity contribution is -0.129. The average Bonchev–Trinajstić information content (AvgIpc) is 3.32. The number of benzene rings is 2. The summed E-state index contributed by atoms with van der Waals surface area (Å²) in [6.07, 6.45) is 1.98. The Morgan fingerprint density at radius 2 is 1.73 bits per heavy atom. The van der Waals surface area contributed by atoms with Crippen LogP contribution < -0.4 is 10.8 Å². The molecule has 2 aromatic carbocycles. The van der Waals surface area contributed by atoms with Crippen LogP contribution in [0, 0.1) is 5.92 Å². The molecular formula is C25H32N4O4. The molecule has 3 N–H and O–H groups in total. The molecule has 0 aromatic heterocycles. The Hall–Kier alpha value is -3.39. The van der Waals surface area contributed by atoms with Crippen molar-refractivity contribution >= 4 is 23.5 Å². The molecule has 0 aliphatic carbocycles. The van der Waals surface area contributed by atoms with Gasteiger partial charge < -0.3 is 15.1 Å². The van der Waals surface area contributed by atoms with E-state index in [1.54, 1.807) is 5.48 Å². The van der Waals surface area contributed by atoms with Gasteiger partial charge in [0.1, 0.15) is 12.6 Å². The van der Waals surface area contributed by atoms with E-state index in [1.165, 1.54) is 9.80 Å². The molecule has 1 atom stereocenters. The van der Waals surface area contributed by atoms with Crippen LogP contribution in [-0.4, -0.2) is 58.5 Å². The van der Waals surface area contributed by atoms with Crippen LogP contribution >= 0.6 is 0 Å². The summed E-state index contributed by atoms with van der Waals surface area (Å²) < 4.78 is 0. The highest BCUT2D eigenvalue weighted by atomic mass is 16.5. The van der Waals surface area contributed by atoms with Crippen molar-refractivity contribution in [3.05, 3.63) is 54.6 Å². The number of anilines is 1. The van der Waals surface area contributed by atoms with E-state index in [9.17, 15) is 14.4 Å². The van der Waals surface area contributed by atoms with Gasteiger partial charge in [0.25, 0.3) is 5.91 Å². The first kappa shape index (κ1) is 24.3. The molecular weight excluding hydrogens is 420 g/mol. The second-order valence-corrected chi connectivity index (χ2v) is 8.71. The number of likely N-dealkylation sites (tertiary alicyclic amines) is 1. The maximum Gasteiger partial charge on any atom is 0.321 e. The number of hydrogen-bond donors (Lipinski definition) is 3. The molecule has 1 heterocycles. The van der Waals surface area contributed by atoms with Gasteiger partial charge in [0.05, 0.1) is 0 Å². The molecule has 0 bridgehead atoms. The third-order valence-electron chi connectivity index (χ3n) is 5.77. The fourth-order valence-electron chi connectivity index (χ4n) is 3.92. The summed E-state index contributed by atoms with van der Waals surface area (Å²) in [5.41, 5.74) is 4.39. The zero-order valence-corrected chi connectivity index (χ0v) is 19.2. The van der Waals surface area contributed by atoms with Crippen molar-refractivity contribution in [3.8, 4) is 11.1 Å². The minimum absolute atomic E-state index is 0.247. The number of nitrogens with one attached hydrogen (secondary N) is 2. The lowest BCUT2D eigenvalue weighted by Crippen LogP contribution is -2.51. The molecule has 8 heteroatoms. The molecule has 0 spiro atoms. The quantitative estimate of drug-likeness (QED) is 0.420. The van der Waals surface area contributed by atoms with Gasteiger partial charge in [-0.1, -0.05) is 56.3 Å². The van der Waals surface area contributed by atoms with Crippen molar-refractivity contribution in [2.45, 2.75) is 39.2 Å². The maximum atomic E-state index is 13.2. The highest BCUT2D eigenvalue weighted by Crippen LogP contribution is 2.24. The van der Waals surface area contributed by atoms with Gasteiger partial charge in [-0.25, -0.2) is 10.3 Å². The van der Waals surface area contributed by atoms with Crippen molar-refractivity contribution in [1.29, 1.82) is 0 Å². The van der Waals surface area contributed by atoms with Crippen LogP contribution in [0.15, 0.2) is 54.6 Å². The molecule has 0 unspecified atom stereocenters. The summed E-state index contributed by atoms with van der Waals surface area (Å²) in [4.78, 5) is 40.8. The zero-order valence-electron chi connectivity index (χ0n) is 19.2. The van der Waals surface area contributed by atoms with Crippen LogP contribution in [0.3, 0.4) is 0 Å². The standard InChI is InChI=1S/C25H32N4O4/c1-18(2)14-16-28(17-23(30)27-33)25(32)29-15-6-9-22(29)24(31)26-21-12-10-20(11-13-21)19-7-4-3-5-8-19/h3-5,7-8,10-13,18,22,33H,6,9,14-17H2,1-2H3,(H,26,31)(H,27,30)/t22-/m0/s1. The largest absolute Gasteiger partial charge is 0.324 e. The molecule has 1 fully saturated rings. The van der Waals surface area contributed by atoms with E-state index in [1.807, 2.05) is 68.4 Å². The predicted octanol–water partition coefficient (Wildman–Crippen LogP) is 3.73. The smallest absolute Gasteiger partial charge is 0.321 e. The molecule has 2 aromatic rings. The van der Waals surface area contributed by atoms with Crippen molar-refractivity contribution in [2.24, 2.45) is 5.92 Å². The van der Waals surface area contributed by atoms with E-state index in [0.717, 1.165) is 11.1 Å². The van der Waals surface area contributed by atoms with Crippen LogP contribution in [0.5, 0.6) is 0 Å². The van der Waals surface area contributed by atoms with Crippen molar-refractivity contribution in [2.75, 3.05) is 25.0 Å². The predicted molar refractivity (Wildman–Crippen MR) is 127 cm³/mol. The highest BCUT2D eigenvalue weighted by Gasteiger charge is 2.36. The SMILES string of the molecule is CC(C)CCN(CC(=O)NO)C(=O)N1CCC[C@H]1C(=O)Nc1ccc(-c2ccccc2)cc1. The molecule has 8 nitrogen and oxygen atoms in total. The molecule has 33 heavy (non-hydrogen) atoms. The lowest BCUT2D eigenvalue weighted by Gasteiger charge is -2.31. The zero-order chi connectivity index (χ0) is 23.8. The van der Waals surface area contributed by atoms with Gasteiger partial charge in [-0.15, -0.1) is 0 Å². The first-order chi connectivity index (χ1) is 15.9. The maximum absolute atomic E-state index is 13.2. The number of rotatable bonds is 8. The first-order valence-electron chi connectivity index (χ1n) is 11.3. The number of hydrogen-bond acceptors (Lipinski definition) is 4. The van der Waals surface area contributed by atoms with Crippen LogP contribution in [0.2, 0.25) is 0 Å². The molecule has 1 aliphatic rings. The van der Waals surface area contributed by atoms with Gasteiger partial charge in [-0.05, 0) is 48.4 Å². The van der Waals surface area contributed by atoms with Gasteiger partial charge in [0.15, 0.2) is 0 Å². The van der Waals surface area contributed by atoms with Crippen molar-refractivity contribution in [3.63, 3.8) is 0 Å². The summed E-state index contributed by atoms with van der Waals surface area (Å²) in [6.45, 7) is 4.63. The molecule has 1 aliphatic heterocycles. The minimum Gasteiger partial charge on any atom is -0.324 e. The summed E-state index contributed by atoms with van der Waals surface area (Å²) in [7, 11) is 0. The minimum atomic E-state index is -0.661. The Morgan fingerprint density at radius 1 is 1.06 bits per heavy atom. The van der Waals surface area contributed by atoms with Crippen LogP contribution in [-0.2, 0) is 9.59 Å². The van der Waals surface area contributed by atoms with E-state index in [2.05, 4.69) is 5.32 Å². The molecule has 3 rings (SSSR count). The van der Waals surface area contributed by atoms with Crippen LogP contribution in [0.1, 0.15) is 33.1 Å². The molecule has 0 saturated carbocycles. The van der Waals surface area contributed by atoms with E-state index < -0.39 is 11.9 Å².